The average Bonchev–Trinajstić information content (AvgIpc) is 3.14. The number of aryl methyl sites for hydroxylation is 1. The molecule has 1 aromatic carbocycles. The van der Waals surface area contributed by atoms with Crippen LogP contribution in [-0.2, 0) is 0 Å². The number of anilines is 1. The van der Waals surface area contributed by atoms with Gasteiger partial charge in [-0.1, -0.05) is 31.5 Å². The molecule has 0 amide bonds. The number of benzene rings is 1. The molecule has 160 valence electrons. The molecule has 1 aliphatic heterocycles. The number of halogens is 1. The molecule has 28 heavy (non-hydrogen) atoms. The van der Waals surface area contributed by atoms with Crippen LogP contribution in [0.1, 0.15) is 52.0 Å². The SMILES string of the molecule is CCNC(=NCC(CC)(CC)CCO)NC1CCN(c2ccc(C)cc2)C1.I. The lowest BCUT2D eigenvalue weighted by atomic mass is 9.79. The van der Waals surface area contributed by atoms with Gasteiger partial charge in [-0.15, -0.1) is 24.0 Å². The van der Waals surface area contributed by atoms with Gasteiger partial charge in [-0.3, -0.25) is 4.99 Å². The fourth-order valence-corrected chi connectivity index (χ4v) is 3.77. The molecule has 6 heteroatoms. The van der Waals surface area contributed by atoms with Crippen molar-refractivity contribution in [2.24, 2.45) is 10.4 Å². The molecule has 0 bridgehead atoms. The first-order valence-electron chi connectivity index (χ1n) is 10.5. The van der Waals surface area contributed by atoms with Gasteiger partial charge in [0.1, 0.15) is 0 Å². The number of nitrogens with one attached hydrogen (secondary N) is 2. The summed E-state index contributed by atoms with van der Waals surface area (Å²) in [7, 11) is 0. The van der Waals surface area contributed by atoms with Crippen molar-refractivity contribution in [3.63, 3.8) is 0 Å². The van der Waals surface area contributed by atoms with E-state index in [2.05, 4.69) is 67.5 Å². The molecule has 0 aromatic heterocycles. The molecule has 0 saturated carbocycles. The third-order valence-electron chi connectivity index (χ3n) is 5.99. The smallest absolute Gasteiger partial charge is 0.191 e. The lowest BCUT2D eigenvalue weighted by Crippen LogP contribution is -2.45. The molecule has 1 fully saturated rings. The summed E-state index contributed by atoms with van der Waals surface area (Å²) in [5, 5.41) is 16.4. The molecule has 1 saturated heterocycles. The molecule has 1 heterocycles. The highest BCUT2D eigenvalue weighted by molar-refractivity contribution is 14.0. The van der Waals surface area contributed by atoms with Crippen LogP contribution in [0.3, 0.4) is 0 Å². The fraction of sp³-hybridized carbons (Fsp3) is 0.682. The van der Waals surface area contributed by atoms with Gasteiger partial charge in [-0.2, -0.15) is 0 Å². The summed E-state index contributed by atoms with van der Waals surface area (Å²) in [6, 6.07) is 9.18. The summed E-state index contributed by atoms with van der Waals surface area (Å²) >= 11 is 0. The normalized spacial score (nSPS) is 17.4. The second-order valence-corrected chi connectivity index (χ2v) is 7.79. The zero-order valence-electron chi connectivity index (χ0n) is 18.0. The number of hydrogen-bond donors (Lipinski definition) is 3. The zero-order valence-corrected chi connectivity index (χ0v) is 20.3. The average molecular weight is 502 g/mol. The maximum absolute atomic E-state index is 9.43. The van der Waals surface area contributed by atoms with Crippen LogP contribution >= 0.6 is 24.0 Å². The van der Waals surface area contributed by atoms with Crippen LogP contribution in [0.4, 0.5) is 5.69 Å². The number of hydrogen-bond acceptors (Lipinski definition) is 3. The summed E-state index contributed by atoms with van der Waals surface area (Å²) in [6.07, 6.45) is 4.00. The third kappa shape index (κ3) is 7.10. The first kappa shape index (κ1) is 25.0. The minimum atomic E-state index is 0. The lowest BCUT2D eigenvalue weighted by molar-refractivity contribution is 0.175. The van der Waals surface area contributed by atoms with E-state index in [1.165, 1.54) is 11.3 Å². The highest BCUT2D eigenvalue weighted by atomic mass is 127. The maximum atomic E-state index is 9.43. The first-order chi connectivity index (χ1) is 13.1. The Hall–Kier alpha value is -1.02. The van der Waals surface area contributed by atoms with Crippen molar-refractivity contribution in [2.75, 3.05) is 37.7 Å². The van der Waals surface area contributed by atoms with Gasteiger partial charge in [0.2, 0.25) is 0 Å². The van der Waals surface area contributed by atoms with Crippen LogP contribution in [0.5, 0.6) is 0 Å². The number of aliphatic hydroxyl groups excluding tert-OH is 1. The Balaban J connectivity index is 0.00000392. The molecular formula is C22H39IN4O. The number of aliphatic hydroxyl groups is 1. The second kappa shape index (κ2) is 12.5. The quantitative estimate of drug-likeness (QED) is 0.272. The van der Waals surface area contributed by atoms with E-state index in [0.717, 1.165) is 57.8 Å². The third-order valence-corrected chi connectivity index (χ3v) is 5.99. The van der Waals surface area contributed by atoms with Crippen molar-refractivity contribution < 1.29 is 5.11 Å². The largest absolute Gasteiger partial charge is 0.396 e. The van der Waals surface area contributed by atoms with Gasteiger partial charge in [0.25, 0.3) is 0 Å². The molecule has 0 spiro atoms. The zero-order chi connectivity index (χ0) is 19.7. The van der Waals surface area contributed by atoms with E-state index in [1.807, 2.05) is 0 Å². The summed E-state index contributed by atoms with van der Waals surface area (Å²) in [6.45, 7) is 12.5. The molecule has 0 radical (unpaired) electrons. The maximum Gasteiger partial charge on any atom is 0.191 e. The number of nitrogens with zero attached hydrogens (tertiary/aromatic N) is 2. The van der Waals surface area contributed by atoms with Crippen LogP contribution in [0, 0.1) is 12.3 Å². The van der Waals surface area contributed by atoms with E-state index in [-0.39, 0.29) is 36.0 Å². The number of rotatable bonds is 9. The van der Waals surface area contributed by atoms with Gasteiger partial charge >= 0.3 is 0 Å². The van der Waals surface area contributed by atoms with Crippen LogP contribution in [0.25, 0.3) is 0 Å². The Kier molecular flexibility index (Phi) is 11.2. The standard InChI is InChI=1S/C22H38N4O.HI/c1-5-22(6-2,13-15-27)17-24-21(23-7-3)25-19-12-14-26(16-19)20-10-8-18(4)9-11-20;/h8-11,19,27H,5-7,12-17H2,1-4H3,(H2,23,24,25);1H. The van der Waals surface area contributed by atoms with Crippen molar-refractivity contribution in [3.8, 4) is 0 Å². The van der Waals surface area contributed by atoms with E-state index in [4.69, 9.17) is 4.99 Å². The number of aliphatic imine (C=N–C) groups is 1. The van der Waals surface area contributed by atoms with Gasteiger partial charge in [-0.25, -0.2) is 0 Å². The second-order valence-electron chi connectivity index (χ2n) is 7.79. The Bertz CT molecular complexity index is 587. The molecule has 5 nitrogen and oxygen atoms in total. The van der Waals surface area contributed by atoms with Crippen molar-refractivity contribution in [3.05, 3.63) is 29.8 Å². The first-order valence-corrected chi connectivity index (χ1v) is 10.5. The minimum Gasteiger partial charge on any atom is -0.396 e. The summed E-state index contributed by atoms with van der Waals surface area (Å²) in [5.41, 5.74) is 2.69. The van der Waals surface area contributed by atoms with Gasteiger partial charge in [0.15, 0.2) is 5.96 Å². The highest BCUT2D eigenvalue weighted by Crippen LogP contribution is 2.30. The minimum absolute atomic E-state index is 0. The van der Waals surface area contributed by atoms with E-state index in [1.54, 1.807) is 0 Å². The monoisotopic (exact) mass is 502 g/mol. The Morgan fingerprint density at radius 2 is 1.89 bits per heavy atom. The predicted octanol–water partition coefficient (Wildman–Crippen LogP) is 3.94. The van der Waals surface area contributed by atoms with Crippen LogP contribution in [-0.4, -0.2) is 49.9 Å². The van der Waals surface area contributed by atoms with Gasteiger partial charge in [0.05, 0.1) is 0 Å². The topological polar surface area (TPSA) is 59.9 Å². The van der Waals surface area contributed by atoms with Gasteiger partial charge in [0, 0.05) is 44.5 Å². The molecular weight excluding hydrogens is 463 g/mol. The van der Waals surface area contributed by atoms with E-state index < -0.39 is 0 Å². The van der Waals surface area contributed by atoms with Crippen LogP contribution in [0.15, 0.2) is 29.3 Å². The molecule has 1 aromatic rings. The number of guanidine groups is 1. The van der Waals surface area contributed by atoms with Gasteiger partial charge < -0.3 is 20.6 Å². The van der Waals surface area contributed by atoms with E-state index >= 15 is 0 Å². The van der Waals surface area contributed by atoms with Gasteiger partial charge in [-0.05, 0) is 57.1 Å². The van der Waals surface area contributed by atoms with Crippen LogP contribution in [0.2, 0.25) is 0 Å². The molecule has 1 aliphatic rings. The van der Waals surface area contributed by atoms with E-state index in [0.29, 0.717) is 6.04 Å². The summed E-state index contributed by atoms with van der Waals surface area (Å²) in [5.74, 6) is 0.900. The van der Waals surface area contributed by atoms with Crippen LogP contribution < -0.4 is 15.5 Å². The highest BCUT2D eigenvalue weighted by Gasteiger charge is 2.27. The lowest BCUT2D eigenvalue weighted by Gasteiger charge is -2.30. The van der Waals surface area contributed by atoms with E-state index in [9.17, 15) is 5.11 Å². The summed E-state index contributed by atoms with van der Waals surface area (Å²) in [4.78, 5) is 7.32. The van der Waals surface area contributed by atoms with Crippen molar-refractivity contribution in [2.45, 2.75) is 59.4 Å². The Morgan fingerprint density at radius 1 is 1.21 bits per heavy atom. The predicted molar refractivity (Wildman–Crippen MR) is 131 cm³/mol. The molecule has 2 rings (SSSR count). The molecule has 3 N–H and O–H groups in total. The fourth-order valence-electron chi connectivity index (χ4n) is 3.77. The molecule has 1 unspecified atom stereocenters. The molecule has 0 aliphatic carbocycles. The van der Waals surface area contributed by atoms with Crippen molar-refractivity contribution in [1.82, 2.24) is 10.6 Å². The Labute approximate surface area is 188 Å². The summed E-state index contributed by atoms with van der Waals surface area (Å²) < 4.78 is 0. The van der Waals surface area contributed by atoms with Crippen molar-refractivity contribution in [1.29, 1.82) is 0 Å². The molecule has 1 atom stereocenters. The van der Waals surface area contributed by atoms with Crippen molar-refractivity contribution >= 4 is 35.6 Å². The Morgan fingerprint density at radius 3 is 2.46 bits per heavy atom.